The molecule has 0 radical (unpaired) electrons. The molecule has 0 saturated heterocycles. The van der Waals surface area contributed by atoms with Crippen LogP contribution in [0.2, 0.25) is 0 Å². The molecule has 3 N–H and O–H groups in total. The van der Waals surface area contributed by atoms with E-state index in [2.05, 4.69) is 5.32 Å². The SMILES string of the molecule is CC.O=C1CCc2cc(B(O)O)ccc2N1. The van der Waals surface area contributed by atoms with Crippen molar-refractivity contribution in [1.29, 1.82) is 0 Å². The zero-order valence-electron chi connectivity index (χ0n) is 9.53. The summed E-state index contributed by atoms with van der Waals surface area (Å²) in [6, 6.07) is 5.00. The number of hydrogen-bond donors (Lipinski definition) is 3. The number of anilines is 1. The van der Waals surface area contributed by atoms with Crippen molar-refractivity contribution in [3.8, 4) is 0 Å². The minimum atomic E-state index is -1.45. The lowest BCUT2D eigenvalue weighted by atomic mass is 9.78. The van der Waals surface area contributed by atoms with Crippen LogP contribution in [0.25, 0.3) is 0 Å². The second kappa shape index (κ2) is 5.68. The zero-order chi connectivity index (χ0) is 12.1. The van der Waals surface area contributed by atoms with Gasteiger partial charge in [0.2, 0.25) is 5.91 Å². The predicted octanol–water partition coefficient (Wildman–Crippen LogP) is 0.277. The normalized spacial score (nSPS) is 13.1. The Bertz CT molecular complexity index is 379. The van der Waals surface area contributed by atoms with E-state index in [4.69, 9.17) is 10.0 Å². The average Bonchev–Trinajstić information content (AvgIpc) is 2.30. The molecule has 1 aromatic rings. The molecule has 0 bridgehead atoms. The first-order chi connectivity index (χ1) is 7.66. The largest absolute Gasteiger partial charge is 0.488 e. The monoisotopic (exact) mass is 221 g/mol. The summed E-state index contributed by atoms with van der Waals surface area (Å²) in [6.45, 7) is 4.00. The predicted molar refractivity (Wildman–Crippen MR) is 64.6 cm³/mol. The van der Waals surface area contributed by atoms with Gasteiger partial charge in [-0.2, -0.15) is 0 Å². The van der Waals surface area contributed by atoms with E-state index in [1.165, 1.54) is 0 Å². The van der Waals surface area contributed by atoms with Crippen molar-refractivity contribution in [2.24, 2.45) is 0 Å². The standard InChI is InChI=1S/C9H10BNO3.C2H6/c12-9-4-1-6-5-7(10(13)14)2-3-8(6)11-9;1-2/h2-3,5,13-14H,1,4H2,(H,11,12);1-2H3. The highest BCUT2D eigenvalue weighted by molar-refractivity contribution is 6.58. The van der Waals surface area contributed by atoms with Gasteiger partial charge in [0.25, 0.3) is 0 Å². The Morgan fingerprint density at radius 3 is 2.56 bits per heavy atom. The third-order valence-corrected chi connectivity index (χ3v) is 2.32. The van der Waals surface area contributed by atoms with Crippen molar-refractivity contribution < 1.29 is 14.8 Å². The molecule has 86 valence electrons. The maximum Gasteiger partial charge on any atom is 0.488 e. The summed E-state index contributed by atoms with van der Waals surface area (Å²) < 4.78 is 0. The molecule has 1 aliphatic rings. The first-order valence-electron chi connectivity index (χ1n) is 5.45. The van der Waals surface area contributed by atoms with Crippen LogP contribution in [0.5, 0.6) is 0 Å². The first kappa shape index (κ1) is 12.7. The summed E-state index contributed by atoms with van der Waals surface area (Å²) in [7, 11) is -1.45. The topological polar surface area (TPSA) is 69.6 Å². The van der Waals surface area contributed by atoms with E-state index in [9.17, 15) is 4.79 Å². The van der Waals surface area contributed by atoms with Gasteiger partial charge >= 0.3 is 7.12 Å². The second-order valence-corrected chi connectivity index (χ2v) is 3.34. The van der Waals surface area contributed by atoms with Crippen LogP contribution in [-0.4, -0.2) is 23.1 Å². The number of hydrogen-bond acceptors (Lipinski definition) is 3. The highest BCUT2D eigenvalue weighted by Crippen LogP contribution is 2.20. The number of amides is 1. The van der Waals surface area contributed by atoms with Gasteiger partial charge in [-0.15, -0.1) is 0 Å². The van der Waals surface area contributed by atoms with Gasteiger partial charge in [0, 0.05) is 12.1 Å². The number of rotatable bonds is 1. The summed E-state index contributed by atoms with van der Waals surface area (Å²) in [5, 5.41) is 20.6. The fraction of sp³-hybridized carbons (Fsp3) is 0.364. The third kappa shape index (κ3) is 2.84. The molecule has 5 heteroatoms. The van der Waals surface area contributed by atoms with Gasteiger partial charge < -0.3 is 15.4 Å². The van der Waals surface area contributed by atoms with Crippen LogP contribution in [0.4, 0.5) is 5.69 Å². The molecule has 16 heavy (non-hydrogen) atoms. The van der Waals surface area contributed by atoms with Crippen LogP contribution in [0, 0.1) is 0 Å². The number of carbonyl (C=O) groups is 1. The van der Waals surface area contributed by atoms with E-state index >= 15 is 0 Å². The molecule has 1 amide bonds. The van der Waals surface area contributed by atoms with Crippen molar-refractivity contribution in [3.05, 3.63) is 23.8 Å². The molecule has 0 aliphatic carbocycles. The van der Waals surface area contributed by atoms with Gasteiger partial charge in [-0.1, -0.05) is 26.0 Å². The molecule has 2 rings (SSSR count). The molecule has 1 aromatic carbocycles. The molecule has 0 unspecified atom stereocenters. The highest BCUT2D eigenvalue weighted by Gasteiger charge is 2.17. The Hall–Kier alpha value is -1.33. The molecule has 1 aliphatic heterocycles. The fourth-order valence-electron chi connectivity index (χ4n) is 1.56. The van der Waals surface area contributed by atoms with E-state index in [1.807, 2.05) is 13.8 Å². The van der Waals surface area contributed by atoms with Crippen molar-refractivity contribution in [2.75, 3.05) is 5.32 Å². The van der Waals surface area contributed by atoms with Gasteiger partial charge in [-0.3, -0.25) is 4.79 Å². The minimum absolute atomic E-state index is 0.00907. The van der Waals surface area contributed by atoms with Crippen molar-refractivity contribution in [1.82, 2.24) is 0 Å². The Kier molecular flexibility index (Phi) is 4.52. The summed E-state index contributed by atoms with van der Waals surface area (Å²) in [5.74, 6) is 0.00907. The number of carbonyl (C=O) groups excluding carboxylic acids is 1. The lowest BCUT2D eigenvalue weighted by molar-refractivity contribution is -0.116. The van der Waals surface area contributed by atoms with Crippen LogP contribution >= 0.6 is 0 Å². The van der Waals surface area contributed by atoms with Crippen LogP contribution in [-0.2, 0) is 11.2 Å². The van der Waals surface area contributed by atoms with Gasteiger partial charge in [-0.05, 0) is 23.5 Å². The molecule has 0 saturated carbocycles. The zero-order valence-corrected chi connectivity index (χ0v) is 9.53. The molecule has 1 heterocycles. The molecule has 0 atom stereocenters. The minimum Gasteiger partial charge on any atom is -0.423 e. The fourth-order valence-corrected chi connectivity index (χ4v) is 1.56. The van der Waals surface area contributed by atoms with Crippen molar-refractivity contribution in [2.45, 2.75) is 26.7 Å². The Balaban J connectivity index is 0.000000606. The molecular formula is C11H16BNO3. The van der Waals surface area contributed by atoms with Crippen LogP contribution in [0.3, 0.4) is 0 Å². The summed E-state index contributed by atoms with van der Waals surface area (Å²) >= 11 is 0. The van der Waals surface area contributed by atoms with E-state index in [-0.39, 0.29) is 5.91 Å². The third-order valence-electron chi connectivity index (χ3n) is 2.32. The van der Waals surface area contributed by atoms with Gasteiger partial charge in [0.1, 0.15) is 0 Å². The maximum absolute atomic E-state index is 11.0. The lowest BCUT2D eigenvalue weighted by Gasteiger charge is -2.17. The molecular weight excluding hydrogens is 205 g/mol. The van der Waals surface area contributed by atoms with E-state index in [0.717, 1.165) is 11.3 Å². The Morgan fingerprint density at radius 2 is 1.94 bits per heavy atom. The van der Waals surface area contributed by atoms with E-state index < -0.39 is 7.12 Å². The second-order valence-electron chi connectivity index (χ2n) is 3.34. The Morgan fingerprint density at radius 1 is 1.25 bits per heavy atom. The smallest absolute Gasteiger partial charge is 0.423 e. The summed E-state index contributed by atoms with van der Waals surface area (Å²) in [5.41, 5.74) is 2.18. The molecule has 0 aromatic heterocycles. The summed E-state index contributed by atoms with van der Waals surface area (Å²) in [4.78, 5) is 11.0. The number of nitrogens with one attached hydrogen (secondary N) is 1. The van der Waals surface area contributed by atoms with E-state index in [0.29, 0.717) is 18.3 Å². The van der Waals surface area contributed by atoms with Gasteiger partial charge in [-0.25, -0.2) is 0 Å². The van der Waals surface area contributed by atoms with Crippen LogP contribution < -0.4 is 10.8 Å². The first-order valence-corrected chi connectivity index (χ1v) is 5.45. The molecule has 0 fully saturated rings. The average molecular weight is 221 g/mol. The maximum atomic E-state index is 11.0. The highest BCUT2D eigenvalue weighted by atomic mass is 16.4. The number of benzene rings is 1. The number of aryl methyl sites for hydroxylation is 1. The van der Waals surface area contributed by atoms with Gasteiger partial charge in [0.05, 0.1) is 0 Å². The van der Waals surface area contributed by atoms with Crippen molar-refractivity contribution >= 4 is 24.2 Å². The molecule has 4 nitrogen and oxygen atoms in total. The van der Waals surface area contributed by atoms with E-state index in [1.54, 1.807) is 18.2 Å². The van der Waals surface area contributed by atoms with Crippen LogP contribution in [0.15, 0.2) is 18.2 Å². The van der Waals surface area contributed by atoms with Crippen molar-refractivity contribution in [3.63, 3.8) is 0 Å². The van der Waals surface area contributed by atoms with Crippen LogP contribution in [0.1, 0.15) is 25.8 Å². The quantitative estimate of drug-likeness (QED) is 0.596. The summed E-state index contributed by atoms with van der Waals surface area (Å²) in [6.07, 6.45) is 1.11. The Labute approximate surface area is 95.4 Å². The lowest BCUT2D eigenvalue weighted by Crippen LogP contribution is -2.31. The van der Waals surface area contributed by atoms with Gasteiger partial charge in [0.15, 0.2) is 0 Å². The molecule has 0 spiro atoms. The number of fused-ring (bicyclic) bond motifs is 1.